The van der Waals surface area contributed by atoms with Crippen LogP contribution in [0.4, 0.5) is 31.5 Å². The molecule has 0 bridgehead atoms. The lowest BCUT2D eigenvalue weighted by molar-refractivity contribution is -0.122. The van der Waals surface area contributed by atoms with Gasteiger partial charge in [-0.25, -0.2) is 8.78 Å². The Morgan fingerprint density at radius 1 is 0.766 bits per heavy atom. The molecule has 2 aliphatic heterocycles. The smallest absolute Gasteiger partial charge is 0.257 e. The van der Waals surface area contributed by atoms with Gasteiger partial charge in [0.2, 0.25) is 11.8 Å². The molecule has 0 saturated heterocycles. The molecule has 47 heavy (non-hydrogen) atoms. The molecule has 10 nitrogen and oxygen atoms in total. The third-order valence-electron chi connectivity index (χ3n) is 8.50. The number of amides is 4. The van der Waals surface area contributed by atoms with Crippen molar-refractivity contribution in [3.63, 3.8) is 0 Å². The van der Waals surface area contributed by atoms with Gasteiger partial charge in [0.1, 0.15) is 5.82 Å². The molecule has 2 aromatic carbocycles. The van der Waals surface area contributed by atoms with Crippen molar-refractivity contribution >= 4 is 46.4 Å². The molecule has 4 heterocycles. The Kier molecular flexibility index (Phi) is 8.40. The Labute approximate surface area is 270 Å². The van der Waals surface area contributed by atoms with Gasteiger partial charge in [-0.2, -0.15) is 0 Å². The number of nitrogens with one attached hydrogen (secondary N) is 2. The molecule has 0 saturated carbocycles. The quantitative estimate of drug-likeness (QED) is 0.292. The van der Waals surface area contributed by atoms with Crippen molar-refractivity contribution in [2.75, 3.05) is 34.5 Å². The highest BCUT2D eigenvalue weighted by Gasteiger charge is 2.45. The van der Waals surface area contributed by atoms with Crippen LogP contribution in [-0.2, 0) is 20.4 Å². The summed E-state index contributed by atoms with van der Waals surface area (Å²) in [5, 5.41) is 5.09. The lowest BCUT2D eigenvalue weighted by Crippen LogP contribution is -2.33. The van der Waals surface area contributed by atoms with Gasteiger partial charge in [-0.15, -0.1) is 0 Å². The van der Waals surface area contributed by atoms with E-state index in [1.807, 2.05) is 0 Å². The first kappa shape index (κ1) is 32.9. The number of pyridine rings is 2. The van der Waals surface area contributed by atoms with Gasteiger partial charge in [-0.3, -0.25) is 29.1 Å². The average molecular weight is 641 g/mol. The second-order valence-electron chi connectivity index (χ2n) is 12.5. The summed E-state index contributed by atoms with van der Waals surface area (Å²) in [6.45, 7) is 8.80. The summed E-state index contributed by atoms with van der Waals surface area (Å²) in [7, 11) is 3.18. The summed E-state index contributed by atoms with van der Waals surface area (Å²) in [6, 6.07) is 12.4. The first-order valence-corrected chi connectivity index (χ1v) is 14.7. The van der Waals surface area contributed by atoms with Gasteiger partial charge in [-0.05, 0) is 88.2 Å². The topological polar surface area (TPSA) is 125 Å². The van der Waals surface area contributed by atoms with Crippen molar-refractivity contribution in [3.8, 4) is 0 Å². The highest BCUT2D eigenvalue weighted by atomic mass is 19.1. The van der Waals surface area contributed by atoms with Gasteiger partial charge < -0.3 is 20.4 Å². The molecule has 0 unspecified atom stereocenters. The van der Waals surface area contributed by atoms with E-state index in [9.17, 15) is 28.0 Å². The summed E-state index contributed by atoms with van der Waals surface area (Å²) in [5.74, 6) is -2.34. The number of benzene rings is 2. The Balaban J connectivity index is 0.000000185. The number of carbonyl (C=O) groups excluding carboxylic acids is 4. The Morgan fingerprint density at radius 3 is 2.06 bits per heavy atom. The van der Waals surface area contributed by atoms with E-state index in [1.54, 1.807) is 78.2 Å². The Morgan fingerprint density at radius 2 is 1.40 bits per heavy atom. The van der Waals surface area contributed by atoms with Crippen molar-refractivity contribution in [1.29, 1.82) is 0 Å². The largest absolute Gasteiger partial charge is 0.319 e. The lowest BCUT2D eigenvalue weighted by atomic mass is 9.86. The predicted octanol–water partition coefficient (Wildman–Crippen LogP) is 5.76. The predicted molar refractivity (Wildman–Crippen MR) is 175 cm³/mol. The molecule has 0 fully saturated rings. The van der Waals surface area contributed by atoms with E-state index in [2.05, 4.69) is 20.6 Å². The number of hydrogen-bond donors (Lipinski definition) is 2. The molecule has 4 amide bonds. The standard InChI is InChI=1S/C18H18FN3O2.C17H16FN3O2/c1-10-7-11(5-6-20-10)16(23)21-14-9-15-12(8-13(14)19)18(2,3)17(24)22(15)4;1-17(2)11-6-7-12(13(18)14(11)21(3)16(17)23)20-15(22)10-5-4-8-19-9-10/h5-9H,1-4H3,(H,21,23);4-9H,1-3H3,(H,20,22). The molecule has 2 aromatic heterocycles. The fourth-order valence-corrected chi connectivity index (χ4v) is 5.78. The maximum atomic E-state index is 14.8. The zero-order chi connectivity index (χ0) is 34.4. The average Bonchev–Trinajstić information content (AvgIpc) is 3.32. The van der Waals surface area contributed by atoms with Crippen molar-refractivity contribution in [2.45, 2.75) is 45.4 Å². The molecule has 6 rings (SSSR count). The number of halogens is 2. The summed E-state index contributed by atoms with van der Waals surface area (Å²) in [5.41, 5.74) is 1.99. The first-order valence-electron chi connectivity index (χ1n) is 14.7. The maximum absolute atomic E-state index is 14.8. The van der Waals surface area contributed by atoms with Crippen LogP contribution in [0.25, 0.3) is 0 Å². The van der Waals surface area contributed by atoms with Crippen LogP contribution in [-0.4, -0.2) is 47.7 Å². The monoisotopic (exact) mass is 640 g/mol. The van der Waals surface area contributed by atoms with Crippen LogP contribution in [0.2, 0.25) is 0 Å². The maximum Gasteiger partial charge on any atom is 0.257 e. The number of fused-ring (bicyclic) bond motifs is 2. The number of aromatic nitrogens is 2. The minimum Gasteiger partial charge on any atom is -0.319 e. The van der Waals surface area contributed by atoms with E-state index in [4.69, 9.17) is 0 Å². The van der Waals surface area contributed by atoms with Gasteiger partial charge in [0.05, 0.1) is 33.5 Å². The molecule has 2 aliphatic rings. The van der Waals surface area contributed by atoms with Crippen LogP contribution in [0.5, 0.6) is 0 Å². The van der Waals surface area contributed by atoms with Crippen LogP contribution < -0.4 is 20.4 Å². The second kappa shape index (κ2) is 12.0. The zero-order valence-electron chi connectivity index (χ0n) is 27.0. The number of hydrogen-bond acceptors (Lipinski definition) is 6. The van der Waals surface area contributed by atoms with Crippen LogP contribution >= 0.6 is 0 Å². The Hall–Kier alpha value is -5.52. The van der Waals surface area contributed by atoms with E-state index in [0.29, 0.717) is 33.6 Å². The minimum atomic E-state index is -0.782. The number of aryl methyl sites for hydroxylation is 1. The highest BCUT2D eigenvalue weighted by Crippen LogP contribution is 2.45. The van der Waals surface area contributed by atoms with E-state index in [0.717, 1.165) is 0 Å². The van der Waals surface area contributed by atoms with Crippen LogP contribution in [0.3, 0.4) is 0 Å². The van der Waals surface area contributed by atoms with Crippen LogP contribution in [0.1, 0.15) is 65.2 Å². The first-order chi connectivity index (χ1) is 22.0. The van der Waals surface area contributed by atoms with Gasteiger partial charge >= 0.3 is 0 Å². The molecular formula is C35H34F2N6O4. The lowest BCUT2D eigenvalue weighted by Gasteiger charge is -2.16. The van der Waals surface area contributed by atoms with Gasteiger partial charge in [-0.1, -0.05) is 6.07 Å². The van der Waals surface area contributed by atoms with Crippen molar-refractivity contribution < 1.29 is 28.0 Å². The molecule has 0 spiro atoms. The third-order valence-corrected chi connectivity index (χ3v) is 8.50. The molecule has 0 atom stereocenters. The number of likely N-dealkylation sites (N-methyl/N-ethyl adjacent to an activating group) is 2. The van der Waals surface area contributed by atoms with E-state index >= 15 is 0 Å². The van der Waals surface area contributed by atoms with Crippen molar-refractivity contribution in [2.24, 2.45) is 0 Å². The number of anilines is 4. The van der Waals surface area contributed by atoms with E-state index < -0.39 is 34.3 Å². The number of nitrogens with zero attached hydrogens (tertiary/aromatic N) is 4. The number of carbonyl (C=O) groups is 4. The molecule has 12 heteroatoms. The van der Waals surface area contributed by atoms with E-state index in [1.165, 1.54) is 47.4 Å². The fraction of sp³-hybridized carbons (Fsp3) is 0.257. The summed E-state index contributed by atoms with van der Waals surface area (Å²) in [4.78, 5) is 59.7. The van der Waals surface area contributed by atoms with Gasteiger partial charge in [0.25, 0.3) is 11.8 Å². The second-order valence-corrected chi connectivity index (χ2v) is 12.5. The third kappa shape index (κ3) is 5.82. The van der Waals surface area contributed by atoms with Gasteiger partial charge in [0.15, 0.2) is 5.82 Å². The van der Waals surface area contributed by atoms with E-state index in [-0.39, 0.29) is 28.9 Å². The zero-order valence-corrected chi connectivity index (χ0v) is 27.0. The molecule has 242 valence electrons. The van der Waals surface area contributed by atoms with Crippen LogP contribution in [0, 0.1) is 18.6 Å². The van der Waals surface area contributed by atoms with Crippen LogP contribution in [0.15, 0.2) is 67.1 Å². The molecular weight excluding hydrogens is 606 g/mol. The summed E-state index contributed by atoms with van der Waals surface area (Å²) < 4.78 is 29.2. The van der Waals surface area contributed by atoms with Crippen molar-refractivity contribution in [3.05, 3.63) is 107 Å². The molecule has 0 aliphatic carbocycles. The fourth-order valence-electron chi connectivity index (χ4n) is 5.78. The highest BCUT2D eigenvalue weighted by molar-refractivity contribution is 6.10. The Bertz CT molecular complexity index is 1940. The van der Waals surface area contributed by atoms with Crippen molar-refractivity contribution in [1.82, 2.24) is 9.97 Å². The number of rotatable bonds is 4. The van der Waals surface area contributed by atoms with Gasteiger partial charge in [0, 0.05) is 49.6 Å². The normalized spacial score (nSPS) is 15.4. The summed E-state index contributed by atoms with van der Waals surface area (Å²) in [6.07, 6.45) is 4.48. The molecule has 0 radical (unpaired) electrons. The summed E-state index contributed by atoms with van der Waals surface area (Å²) >= 11 is 0. The molecule has 4 aromatic rings. The molecule has 2 N–H and O–H groups in total. The minimum absolute atomic E-state index is 0.0370. The SMILES string of the molecule is CN1C(=O)C(C)(C)c2ccc(NC(=O)c3cccnc3)c(F)c21.Cc1cc(C(=O)Nc2cc3c(cc2F)C(C)(C)C(=O)N3C)ccn1.